The third-order valence-corrected chi connectivity index (χ3v) is 5.52. The lowest BCUT2D eigenvalue weighted by atomic mass is 10.1. The quantitative estimate of drug-likeness (QED) is 0.534. The fourth-order valence-corrected chi connectivity index (χ4v) is 4.03. The average molecular weight is 383 g/mol. The SMILES string of the molecule is Clc1ccc2c(Cl)c(C(C#Cc3ccccc3)N3CCCCC3)[nH]c2c1. The summed E-state index contributed by atoms with van der Waals surface area (Å²) < 4.78 is 0. The Morgan fingerprint density at radius 2 is 1.73 bits per heavy atom. The zero-order valence-electron chi connectivity index (χ0n) is 14.4. The molecule has 2 nitrogen and oxygen atoms in total. The van der Waals surface area contributed by atoms with Crippen LogP contribution in [-0.4, -0.2) is 23.0 Å². The maximum Gasteiger partial charge on any atom is 0.114 e. The summed E-state index contributed by atoms with van der Waals surface area (Å²) in [6, 6.07) is 15.8. The predicted octanol–water partition coefficient (Wildman–Crippen LogP) is 6.05. The molecule has 0 aliphatic carbocycles. The van der Waals surface area contributed by atoms with Crippen molar-refractivity contribution in [3.8, 4) is 11.8 Å². The lowest BCUT2D eigenvalue weighted by Crippen LogP contribution is -2.33. The molecule has 1 atom stereocenters. The average Bonchev–Trinajstić information content (AvgIpc) is 2.99. The van der Waals surface area contributed by atoms with Gasteiger partial charge in [-0.3, -0.25) is 4.90 Å². The first-order valence-electron chi connectivity index (χ1n) is 8.99. The second-order valence-electron chi connectivity index (χ2n) is 6.68. The Labute approximate surface area is 164 Å². The van der Waals surface area contributed by atoms with E-state index < -0.39 is 0 Å². The summed E-state index contributed by atoms with van der Waals surface area (Å²) in [5, 5.41) is 2.44. The number of fused-ring (bicyclic) bond motifs is 1. The van der Waals surface area contributed by atoms with Crippen LogP contribution in [0.2, 0.25) is 10.0 Å². The molecule has 0 saturated carbocycles. The van der Waals surface area contributed by atoms with Crippen molar-refractivity contribution in [2.75, 3.05) is 13.1 Å². The van der Waals surface area contributed by atoms with Gasteiger partial charge < -0.3 is 4.98 Å². The van der Waals surface area contributed by atoms with Crippen molar-refractivity contribution in [2.45, 2.75) is 25.3 Å². The summed E-state index contributed by atoms with van der Waals surface area (Å²) in [7, 11) is 0. The predicted molar refractivity (Wildman–Crippen MR) is 110 cm³/mol. The number of halogens is 2. The molecular weight excluding hydrogens is 363 g/mol. The maximum atomic E-state index is 6.74. The van der Waals surface area contributed by atoms with E-state index in [0.717, 1.165) is 40.3 Å². The smallest absolute Gasteiger partial charge is 0.114 e. The van der Waals surface area contributed by atoms with Gasteiger partial charge in [0.25, 0.3) is 0 Å². The number of likely N-dealkylation sites (tertiary alicyclic amines) is 1. The van der Waals surface area contributed by atoms with Crippen LogP contribution in [0.25, 0.3) is 10.9 Å². The minimum absolute atomic E-state index is 0.0471. The van der Waals surface area contributed by atoms with Gasteiger partial charge in [-0.25, -0.2) is 0 Å². The van der Waals surface area contributed by atoms with E-state index in [1.807, 2.05) is 48.5 Å². The lowest BCUT2D eigenvalue weighted by molar-refractivity contribution is 0.195. The first-order valence-corrected chi connectivity index (χ1v) is 9.75. The Bertz CT molecular complexity index is 960. The summed E-state index contributed by atoms with van der Waals surface area (Å²) >= 11 is 12.9. The second kappa shape index (κ2) is 7.76. The van der Waals surface area contributed by atoms with E-state index in [2.05, 4.69) is 21.7 Å². The molecule has 1 aliphatic rings. The van der Waals surface area contributed by atoms with Gasteiger partial charge in [0.15, 0.2) is 0 Å². The Kier molecular flexibility index (Phi) is 5.22. The maximum absolute atomic E-state index is 6.74. The van der Waals surface area contributed by atoms with Crippen LogP contribution in [0.4, 0.5) is 0 Å². The van der Waals surface area contributed by atoms with Gasteiger partial charge in [-0.2, -0.15) is 0 Å². The fourth-order valence-electron chi connectivity index (χ4n) is 3.54. The summed E-state index contributed by atoms with van der Waals surface area (Å²) in [5.74, 6) is 6.79. The monoisotopic (exact) mass is 382 g/mol. The van der Waals surface area contributed by atoms with Crippen molar-refractivity contribution in [2.24, 2.45) is 0 Å². The Hall–Kier alpha value is -1.92. The number of piperidine rings is 1. The minimum atomic E-state index is -0.0471. The number of rotatable bonds is 2. The molecule has 0 spiro atoms. The molecule has 2 heterocycles. The van der Waals surface area contributed by atoms with E-state index in [0.29, 0.717) is 5.02 Å². The molecule has 1 aliphatic heterocycles. The van der Waals surface area contributed by atoms with E-state index in [1.54, 1.807) is 0 Å². The number of H-pyrrole nitrogens is 1. The summed E-state index contributed by atoms with van der Waals surface area (Å²) in [6.07, 6.45) is 3.69. The van der Waals surface area contributed by atoms with Gasteiger partial charge in [-0.05, 0) is 56.3 Å². The molecule has 4 heteroatoms. The van der Waals surface area contributed by atoms with E-state index in [4.69, 9.17) is 23.2 Å². The topological polar surface area (TPSA) is 19.0 Å². The number of nitrogens with zero attached hydrogens (tertiary/aromatic N) is 1. The lowest BCUT2D eigenvalue weighted by Gasteiger charge is -2.31. The van der Waals surface area contributed by atoms with Gasteiger partial charge in [0, 0.05) is 21.5 Å². The number of hydrogen-bond acceptors (Lipinski definition) is 1. The van der Waals surface area contributed by atoms with Gasteiger partial charge >= 0.3 is 0 Å². The largest absolute Gasteiger partial charge is 0.355 e. The van der Waals surface area contributed by atoms with Crippen LogP contribution in [0.3, 0.4) is 0 Å². The summed E-state index contributed by atoms with van der Waals surface area (Å²) in [5.41, 5.74) is 2.94. The fraction of sp³-hybridized carbons (Fsp3) is 0.273. The van der Waals surface area contributed by atoms with Crippen molar-refractivity contribution in [1.82, 2.24) is 9.88 Å². The van der Waals surface area contributed by atoms with Gasteiger partial charge in [-0.15, -0.1) is 0 Å². The van der Waals surface area contributed by atoms with Crippen molar-refractivity contribution >= 4 is 34.1 Å². The first kappa shape index (κ1) is 17.5. The van der Waals surface area contributed by atoms with Crippen LogP contribution in [0.5, 0.6) is 0 Å². The van der Waals surface area contributed by atoms with E-state index in [9.17, 15) is 0 Å². The molecule has 0 amide bonds. The number of aromatic amines is 1. The number of aromatic nitrogens is 1. The second-order valence-corrected chi connectivity index (χ2v) is 7.49. The van der Waals surface area contributed by atoms with Crippen molar-refractivity contribution in [3.63, 3.8) is 0 Å². The van der Waals surface area contributed by atoms with Crippen LogP contribution in [-0.2, 0) is 0 Å². The highest BCUT2D eigenvalue weighted by atomic mass is 35.5. The van der Waals surface area contributed by atoms with Gasteiger partial charge in [0.2, 0.25) is 0 Å². The highest BCUT2D eigenvalue weighted by molar-refractivity contribution is 6.37. The molecule has 1 saturated heterocycles. The molecule has 132 valence electrons. The standard InChI is InChI=1S/C22H20Cl2N2/c23-17-10-11-18-19(15-17)25-22(21(18)24)20(26-13-5-2-6-14-26)12-9-16-7-3-1-4-8-16/h1,3-4,7-8,10-11,15,20,25H,2,5-6,13-14H2. The molecular formula is C22H20Cl2N2. The molecule has 1 fully saturated rings. The van der Waals surface area contributed by atoms with Crippen LogP contribution >= 0.6 is 23.2 Å². The minimum Gasteiger partial charge on any atom is -0.355 e. The highest BCUT2D eigenvalue weighted by Crippen LogP contribution is 2.35. The normalized spacial score (nSPS) is 16.2. The van der Waals surface area contributed by atoms with Crippen LogP contribution in [0.1, 0.15) is 36.6 Å². The van der Waals surface area contributed by atoms with Gasteiger partial charge in [0.05, 0.1) is 10.7 Å². The third kappa shape index (κ3) is 3.62. The van der Waals surface area contributed by atoms with Crippen molar-refractivity contribution < 1.29 is 0 Å². The Balaban J connectivity index is 1.77. The van der Waals surface area contributed by atoms with E-state index >= 15 is 0 Å². The van der Waals surface area contributed by atoms with E-state index in [-0.39, 0.29) is 6.04 Å². The molecule has 26 heavy (non-hydrogen) atoms. The van der Waals surface area contributed by atoms with Gasteiger partial charge in [-0.1, -0.05) is 59.7 Å². The number of nitrogens with one attached hydrogen (secondary N) is 1. The molecule has 0 bridgehead atoms. The zero-order valence-corrected chi connectivity index (χ0v) is 15.9. The summed E-state index contributed by atoms with van der Waals surface area (Å²) in [4.78, 5) is 5.91. The molecule has 1 N–H and O–H groups in total. The van der Waals surface area contributed by atoms with Crippen LogP contribution in [0.15, 0.2) is 48.5 Å². The number of hydrogen-bond donors (Lipinski definition) is 1. The van der Waals surface area contributed by atoms with Crippen molar-refractivity contribution in [1.29, 1.82) is 0 Å². The van der Waals surface area contributed by atoms with Crippen LogP contribution in [0, 0.1) is 11.8 Å². The molecule has 3 aromatic rings. The first-order chi connectivity index (χ1) is 12.7. The molecule has 1 aromatic heterocycles. The highest BCUT2D eigenvalue weighted by Gasteiger charge is 2.25. The molecule has 0 radical (unpaired) electrons. The van der Waals surface area contributed by atoms with Gasteiger partial charge in [0.1, 0.15) is 6.04 Å². The summed E-state index contributed by atoms with van der Waals surface area (Å²) in [6.45, 7) is 2.08. The third-order valence-electron chi connectivity index (χ3n) is 4.88. The van der Waals surface area contributed by atoms with Crippen molar-refractivity contribution in [3.05, 3.63) is 69.8 Å². The van der Waals surface area contributed by atoms with Crippen LogP contribution < -0.4 is 0 Å². The zero-order chi connectivity index (χ0) is 17.9. The molecule has 1 unspecified atom stereocenters. The Morgan fingerprint density at radius 3 is 2.50 bits per heavy atom. The number of benzene rings is 2. The van der Waals surface area contributed by atoms with E-state index in [1.165, 1.54) is 19.3 Å². The molecule has 2 aromatic carbocycles. The Morgan fingerprint density at radius 1 is 0.962 bits per heavy atom. The molecule has 4 rings (SSSR count).